The fourth-order valence-corrected chi connectivity index (χ4v) is 1.88. The molecule has 102 valence electrons. The predicted octanol–water partition coefficient (Wildman–Crippen LogP) is 0.960. The zero-order chi connectivity index (χ0) is 12.0. The molecule has 0 bridgehead atoms. The average molecular weight is 264 g/mol. The standard InChI is InChI=1S/C12H25N3O.ClH/c1-4-11(2)14(3)8-5-12(16)15-9-6-13-7-10-15;/h11,13H,4-10H2,1-3H3;1H. The Balaban J connectivity index is 0.00000256. The number of piperazine rings is 1. The Hall–Kier alpha value is -0.320. The van der Waals surface area contributed by atoms with E-state index < -0.39 is 0 Å². The van der Waals surface area contributed by atoms with Gasteiger partial charge in [0.1, 0.15) is 0 Å². The lowest BCUT2D eigenvalue weighted by Gasteiger charge is -2.29. The van der Waals surface area contributed by atoms with E-state index in [4.69, 9.17) is 0 Å². The van der Waals surface area contributed by atoms with E-state index in [0.717, 1.165) is 39.1 Å². The second kappa shape index (κ2) is 8.72. The SMILES string of the molecule is CCC(C)N(C)CCC(=O)N1CCNCC1.Cl. The van der Waals surface area contributed by atoms with Crippen LogP contribution in [0.4, 0.5) is 0 Å². The van der Waals surface area contributed by atoms with Crippen molar-refractivity contribution >= 4 is 18.3 Å². The summed E-state index contributed by atoms with van der Waals surface area (Å²) < 4.78 is 0. The van der Waals surface area contributed by atoms with Gasteiger partial charge in [0.2, 0.25) is 5.91 Å². The monoisotopic (exact) mass is 263 g/mol. The molecule has 0 radical (unpaired) electrons. The predicted molar refractivity (Wildman–Crippen MR) is 73.7 cm³/mol. The minimum atomic E-state index is 0. The van der Waals surface area contributed by atoms with Crippen LogP contribution in [0.25, 0.3) is 0 Å². The highest BCUT2D eigenvalue weighted by atomic mass is 35.5. The molecule has 1 aliphatic heterocycles. The molecule has 1 amide bonds. The number of nitrogens with one attached hydrogen (secondary N) is 1. The zero-order valence-electron chi connectivity index (χ0n) is 11.2. The second-order valence-electron chi connectivity index (χ2n) is 4.62. The highest BCUT2D eigenvalue weighted by molar-refractivity contribution is 5.85. The molecule has 17 heavy (non-hydrogen) atoms. The third-order valence-corrected chi connectivity index (χ3v) is 3.49. The fraction of sp³-hybridized carbons (Fsp3) is 0.917. The Morgan fingerprint density at radius 1 is 1.41 bits per heavy atom. The van der Waals surface area contributed by atoms with Crippen LogP contribution in [0.3, 0.4) is 0 Å². The van der Waals surface area contributed by atoms with Crippen molar-refractivity contribution in [3.8, 4) is 0 Å². The molecular weight excluding hydrogens is 238 g/mol. The number of carbonyl (C=O) groups is 1. The number of hydrogen-bond donors (Lipinski definition) is 1. The summed E-state index contributed by atoms with van der Waals surface area (Å²) in [6.07, 6.45) is 1.79. The van der Waals surface area contributed by atoms with Crippen molar-refractivity contribution in [2.75, 3.05) is 39.8 Å². The van der Waals surface area contributed by atoms with Gasteiger partial charge in [-0.3, -0.25) is 4.79 Å². The molecule has 1 heterocycles. The summed E-state index contributed by atoms with van der Waals surface area (Å²) in [5, 5.41) is 3.26. The first-order valence-corrected chi connectivity index (χ1v) is 6.34. The molecule has 1 aliphatic rings. The first-order valence-electron chi connectivity index (χ1n) is 6.34. The fourth-order valence-electron chi connectivity index (χ4n) is 1.88. The van der Waals surface area contributed by atoms with E-state index in [9.17, 15) is 4.79 Å². The van der Waals surface area contributed by atoms with E-state index in [1.165, 1.54) is 0 Å². The summed E-state index contributed by atoms with van der Waals surface area (Å²) >= 11 is 0. The van der Waals surface area contributed by atoms with Crippen LogP contribution in [-0.4, -0.2) is 61.5 Å². The molecule has 4 nitrogen and oxygen atoms in total. The van der Waals surface area contributed by atoms with Gasteiger partial charge in [0.25, 0.3) is 0 Å². The van der Waals surface area contributed by atoms with Gasteiger partial charge in [-0.2, -0.15) is 0 Å². The van der Waals surface area contributed by atoms with Crippen molar-refractivity contribution in [2.24, 2.45) is 0 Å². The summed E-state index contributed by atoms with van der Waals surface area (Å²) in [4.78, 5) is 16.1. The van der Waals surface area contributed by atoms with Crippen LogP contribution in [0, 0.1) is 0 Å². The molecule has 0 aromatic carbocycles. The van der Waals surface area contributed by atoms with Crippen molar-refractivity contribution in [2.45, 2.75) is 32.7 Å². The Morgan fingerprint density at radius 3 is 2.53 bits per heavy atom. The van der Waals surface area contributed by atoms with Gasteiger partial charge in [-0.25, -0.2) is 0 Å². The van der Waals surface area contributed by atoms with Gasteiger partial charge in [-0.15, -0.1) is 12.4 Å². The summed E-state index contributed by atoms with van der Waals surface area (Å²) in [6.45, 7) is 8.87. The van der Waals surface area contributed by atoms with Gasteiger partial charge in [0.05, 0.1) is 0 Å². The maximum Gasteiger partial charge on any atom is 0.223 e. The lowest BCUT2D eigenvalue weighted by atomic mass is 10.2. The van der Waals surface area contributed by atoms with E-state index in [2.05, 4.69) is 31.1 Å². The first kappa shape index (κ1) is 16.7. The summed E-state index contributed by atoms with van der Waals surface area (Å²) in [7, 11) is 2.10. The number of amides is 1. The molecule has 0 spiro atoms. The highest BCUT2D eigenvalue weighted by Gasteiger charge is 2.17. The Bertz CT molecular complexity index is 220. The van der Waals surface area contributed by atoms with E-state index in [0.29, 0.717) is 18.4 Å². The minimum absolute atomic E-state index is 0. The quantitative estimate of drug-likeness (QED) is 0.803. The largest absolute Gasteiger partial charge is 0.340 e. The smallest absolute Gasteiger partial charge is 0.223 e. The number of carbonyl (C=O) groups excluding carboxylic acids is 1. The normalized spacial score (nSPS) is 17.8. The molecule has 1 saturated heterocycles. The van der Waals surface area contributed by atoms with Crippen LogP contribution in [0.5, 0.6) is 0 Å². The van der Waals surface area contributed by atoms with Gasteiger partial charge >= 0.3 is 0 Å². The summed E-state index contributed by atoms with van der Waals surface area (Å²) in [5.41, 5.74) is 0. The lowest BCUT2D eigenvalue weighted by molar-refractivity contribution is -0.132. The molecule has 0 aliphatic carbocycles. The lowest BCUT2D eigenvalue weighted by Crippen LogP contribution is -2.47. The van der Waals surface area contributed by atoms with Crippen LogP contribution in [0.1, 0.15) is 26.7 Å². The third-order valence-electron chi connectivity index (χ3n) is 3.49. The zero-order valence-corrected chi connectivity index (χ0v) is 12.1. The molecule has 1 atom stereocenters. The molecular formula is C12H26ClN3O. The van der Waals surface area contributed by atoms with Crippen molar-refractivity contribution in [3.05, 3.63) is 0 Å². The summed E-state index contributed by atoms with van der Waals surface area (Å²) in [5.74, 6) is 0.302. The van der Waals surface area contributed by atoms with E-state index in [1.807, 2.05) is 4.90 Å². The van der Waals surface area contributed by atoms with E-state index >= 15 is 0 Å². The van der Waals surface area contributed by atoms with E-state index in [-0.39, 0.29) is 12.4 Å². The molecule has 1 N–H and O–H groups in total. The van der Waals surface area contributed by atoms with Crippen molar-refractivity contribution in [1.29, 1.82) is 0 Å². The van der Waals surface area contributed by atoms with Gasteiger partial charge < -0.3 is 15.1 Å². The third kappa shape index (κ3) is 5.70. The van der Waals surface area contributed by atoms with Crippen LogP contribution in [-0.2, 0) is 4.79 Å². The molecule has 0 saturated carbocycles. The van der Waals surface area contributed by atoms with Crippen molar-refractivity contribution in [1.82, 2.24) is 15.1 Å². The van der Waals surface area contributed by atoms with Gasteiger partial charge in [0, 0.05) is 45.2 Å². The average Bonchev–Trinajstić information content (AvgIpc) is 2.35. The van der Waals surface area contributed by atoms with Crippen LogP contribution < -0.4 is 5.32 Å². The van der Waals surface area contributed by atoms with Crippen molar-refractivity contribution < 1.29 is 4.79 Å². The second-order valence-corrected chi connectivity index (χ2v) is 4.62. The maximum atomic E-state index is 11.9. The van der Waals surface area contributed by atoms with Gasteiger partial charge in [-0.1, -0.05) is 6.92 Å². The van der Waals surface area contributed by atoms with Crippen LogP contribution in [0.2, 0.25) is 0 Å². The molecule has 1 fully saturated rings. The topological polar surface area (TPSA) is 35.6 Å². The van der Waals surface area contributed by atoms with Gasteiger partial charge in [0.15, 0.2) is 0 Å². The number of hydrogen-bond acceptors (Lipinski definition) is 3. The molecule has 5 heteroatoms. The number of halogens is 1. The Kier molecular flexibility index (Phi) is 8.56. The Morgan fingerprint density at radius 2 is 2.00 bits per heavy atom. The highest BCUT2D eigenvalue weighted by Crippen LogP contribution is 2.03. The van der Waals surface area contributed by atoms with Crippen molar-refractivity contribution in [3.63, 3.8) is 0 Å². The van der Waals surface area contributed by atoms with Crippen LogP contribution >= 0.6 is 12.4 Å². The van der Waals surface area contributed by atoms with E-state index in [1.54, 1.807) is 0 Å². The van der Waals surface area contributed by atoms with Crippen LogP contribution in [0.15, 0.2) is 0 Å². The maximum absolute atomic E-state index is 11.9. The Labute approximate surface area is 111 Å². The minimum Gasteiger partial charge on any atom is -0.340 e. The first-order chi connectivity index (χ1) is 7.65. The summed E-state index contributed by atoms with van der Waals surface area (Å²) in [6, 6.07) is 0.566. The number of rotatable bonds is 5. The molecule has 0 aromatic rings. The molecule has 0 aromatic heterocycles. The van der Waals surface area contributed by atoms with Gasteiger partial charge in [-0.05, 0) is 20.4 Å². The number of nitrogens with zero attached hydrogens (tertiary/aromatic N) is 2. The molecule has 1 rings (SSSR count). The molecule has 1 unspecified atom stereocenters.